The van der Waals surface area contributed by atoms with Gasteiger partial charge in [0, 0.05) is 18.7 Å². The second-order valence-corrected chi connectivity index (χ2v) is 10.2. The second kappa shape index (κ2) is 8.58. The number of para-hydroxylation sites is 2. The van der Waals surface area contributed by atoms with Gasteiger partial charge in [0.05, 0.1) is 17.1 Å². The SMILES string of the molecule is NC(=O)[C@H]1CN(C(=O)c2cccc(S(=O)(=O)N3CCc4ccccc4C3)c2)c2ccccc2O1. The third-order valence-corrected chi connectivity index (χ3v) is 7.99. The lowest BCUT2D eigenvalue weighted by molar-refractivity contribution is -0.124. The maximum Gasteiger partial charge on any atom is 0.260 e. The summed E-state index contributed by atoms with van der Waals surface area (Å²) in [5, 5.41) is 0. The Morgan fingerprint density at radius 1 is 0.941 bits per heavy atom. The van der Waals surface area contributed by atoms with E-state index in [1.54, 1.807) is 36.4 Å². The molecule has 0 saturated carbocycles. The van der Waals surface area contributed by atoms with E-state index in [4.69, 9.17) is 10.5 Å². The minimum Gasteiger partial charge on any atom is -0.477 e. The summed E-state index contributed by atoms with van der Waals surface area (Å²) in [7, 11) is -3.81. The van der Waals surface area contributed by atoms with E-state index >= 15 is 0 Å². The molecule has 174 valence electrons. The Labute approximate surface area is 197 Å². The van der Waals surface area contributed by atoms with Crippen molar-refractivity contribution < 1.29 is 22.7 Å². The van der Waals surface area contributed by atoms with Crippen molar-refractivity contribution >= 4 is 27.5 Å². The average molecular weight is 478 g/mol. The molecule has 9 heteroatoms. The lowest BCUT2D eigenvalue weighted by Crippen LogP contribution is -2.49. The number of anilines is 1. The quantitative estimate of drug-likeness (QED) is 0.620. The molecule has 8 nitrogen and oxygen atoms in total. The highest BCUT2D eigenvalue weighted by molar-refractivity contribution is 7.89. The van der Waals surface area contributed by atoms with Gasteiger partial charge in [-0.05, 0) is 47.9 Å². The van der Waals surface area contributed by atoms with E-state index in [2.05, 4.69) is 0 Å². The summed E-state index contributed by atoms with van der Waals surface area (Å²) in [6, 6.07) is 20.6. The smallest absolute Gasteiger partial charge is 0.260 e. The van der Waals surface area contributed by atoms with Crippen LogP contribution in [-0.4, -0.2) is 43.7 Å². The van der Waals surface area contributed by atoms with Gasteiger partial charge in [-0.25, -0.2) is 8.42 Å². The van der Waals surface area contributed by atoms with Gasteiger partial charge in [0.25, 0.3) is 11.8 Å². The minimum atomic E-state index is -3.81. The van der Waals surface area contributed by atoms with Crippen LogP contribution in [0.2, 0.25) is 0 Å². The maximum atomic E-state index is 13.5. The van der Waals surface area contributed by atoms with Crippen molar-refractivity contribution in [1.29, 1.82) is 0 Å². The van der Waals surface area contributed by atoms with Crippen LogP contribution in [0.4, 0.5) is 5.69 Å². The largest absolute Gasteiger partial charge is 0.477 e. The van der Waals surface area contributed by atoms with Gasteiger partial charge >= 0.3 is 0 Å². The van der Waals surface area contributed by atoms with E-state index in [9.17, 15) is 18.0 Å². The third kappa shape index (κ3) is 3.93. The molecule has 2 aliphatic rings. The van der Waals surface area contributed by atoms with E-state index in [0.717, 1.165) is 11.1 Å². The van der Waals surface area contributed by atoms with Crippen LogP contribution in [0, 0.1) is 0 Å². The van der Waals surface area contributed by atoms with Crippen LogP contribution < -0.4 is 15.4 Å². The fraction of sp³-hybridized carbons (Fsp3) is 0.200. The van der Waals surface area contributed by atoms with E-state index in [-0.39, 0.29) is 23.5 Å². The molecule has 5 rings (SSSR count). The van der Waals surface area contributed by atoms with Gasteiger partial charge in [-0.2, -0.15) is 4.31 Å². The van der Waals surface area contributed by atoms with Gasteiger partial charge in [0.2, 0.25) is 10.0 Å². The molecule has 0 radical (unpaired) electrons. The number of carbonyl (C=O) groups excluding carboxylic acids is 2. The van der Waals surface area contributed by atoms with Crippen LogP contribution in [0.15, 0.2) is 77.7 Å². The Kier molecular flexibility index (Phi) is 5.59. The van der Waals surface area contributed by atoms with Gasteiger partial charge in [-0.1, -0.05) is 42.5 Å². The minimum absolute atomic E-state index is 0.0470. The number of fused-ring (bicyclic) bond motifs is 2. The van der Waals surface area contributed by atoms with E-state index < -0.39 is 27.9 Å². The standard InChI is InChI=1S/C25H23N3O5S/c26-24(29)23-16-28(21-10-3-4-11-22(21)33-23)25(30)18-8-5-9-20(14-18)34(31,32)27-13-12-17-6-1-2-7-19(17)15-27/h1-11,14,23H,12-13,15-16H2,(H2,26,29)/t23-/m1/s1. The molecule has 0 saturated heterocycles. The molecule has 0 fully saturated rings. The molecule has 34 heavy (non-hydrogen) atoms. The van der Waals surface area contributed by atoms with Crippen molar-refractivity contribution in [2.45, 2.75) is 24.0 Å². The average Bonchev–Trinajstić information content (AvgIpc) is 2.87. The highest BCUT2D eigenvalue weighted by Gasteiger charge is 2.34. The zero-order chi connectivity index (χ0) is 23.9. The van der Waals surface area contributed by atoms with Crippen LogP contribution in [0.5, 0.6) is 5.75 Å². The molecular weight excluding hydrogens is 454 g/mol. The number of primary amides is 1. The number of ether oxygens (including phenoxy) is 1. The first-order valence-electron chi connectivity index (χ1n) is 10.9. The molecule has 0 aromatic heterocycles. The summed E-state index contributed by atoms with van der Waals surface area (Å²) in [6.45, 7) is 0.591. The van der Waals surface area contributed by atoms with Crippen molar-refractivity contribution in [3.63, 3.8) is 0 Å². The fourth-order valence-electron chi connectivity index (χ4n) is 4.34. The lowest BCUT2D eigenvalue weighted by atomic mass is 10.0. The number of amides is 2. The Morgan fingerprint density at radius 2 is 1.68 bits per heavy atom. The van der Waals surface area contributed by atoms with Gasteiger partial charge in [0.1, 0.15) is 5.75 Å². The van der Waals surface area contributed by atoms with Gasteiger partial charge in [-0.3, -0.25) is 9.59 Å². The summed E-state index contributed by atoms with van der Waals surface area (Å²) in [5.74, 6) is -0.765. The summed E-state index contributed by atoms with van der Waals surface area (Å²) in [6.07, 6.45) is -0.369. The first-order chi connectivity index (χ1) is 16.3. The molecule has 2 amide bonds. The normalized spacial score (nSPS) is 17.9. The van der Waals surface area contributed by atoms with E-state index in [1.807, 2.05) is 24.3 Å². The number of rotatable bonds is 4. The molecule has 2 N–H and O–H groups in total. The topological polar surface area (TPSA) is 110 Å². The highest BCUT2D eigenvalue weighted by Crippen LogP contribution is 2.34. The van der Waals surface area contributed by atoms with Crippen LogP contribution in [0.1, 0.15) is 21.5 Å². The predicted molar refractivity (Wildman–Crippen MR) is 126 cm³/mol. The Bertz CT molecular complexity index is 1390. The number of benzene rings is 3. The summed E-state index contributed by atoms with van der Waals surface area (Å²) >= 11 is 0. The number of hydrogen-bond acceptors (Lipinski definition) is 5. The number of nitrogens with zero attached hydrogens (tertiary/aromatic N) is 2. The summed E-state index contributed by atoms with van der Waals surface area (Å²) in [5.41, 5.74) is 8.25. The first-order valence-corrected chi connectivity index (χ1v) is 12.3. The predicted octanol–water partition coefficient (Wildman–Crippen LogP) is 2.33. The number of hydrogen-bond donors (Lipinski definition) is 1. The van der Waals surface area contributed by atoms with Crippen LogP contribution in [-0.2, 0) is 27.8 Å². The van der Waals surface area contributed by atoms with Crippen LogP contribution >= 0.6 is 0 Å². The molecule has 3 aromatic rings. The van der Waals surface area contributed by atoms with Gasteiger partial charge in [-0.15, -0.1) is 0 Å². The molecule has 3 aromatic carbocycles. The zero-order valence-corrected chi connectivity index (χ0v) is 19.1. The summed E-state index contributed by atoms with van der Waals surface area (Å²) < 4.78 is 33.9. The van der Waals surface area contributed by atoms with E-state index in [1.165, 1.54) is 21.3 Å². The van der Waals surface area contributed by atoms with Gasteiger partial charge in [0.15, 0.2) is 6.10 Å². The summed E-state index contributed by atoms with van der Waals surface area (Å²) in [4.78, 5) is 26.7. The maximum absolute atomic E-state index is 13.5. The molecule has 0 unspecified atom stereocenters. The van der Waals surface area contributed by atoms with Crippen molar-refractivity contribution in [3.05, 3.63) is 89.5 Å². The monoisotopic (exact) mass is 477 g/mol. The number of nitrogens with two attached hydrogens (primary N) is 1. The van der Waals surface area contributed by atoms with Crippen molar-refractivity contribution in [3.8, 4) is 5.75 Å². The van der Waals surface area contributed by atoms with Crippen molar-refractivity contribution in [1.82, 2.24) is 4.31 Å². The van der Waals surface area contributed by atoms with Gasteiger partial charge < -0.3 is 15.4 Å². The van der Waals surface area contributed by atoms with Crippen LogP contribution in [0.25, 0.3) is 0 Å². The Balaban J connectivity index is 1.45. The molecular formula is C25H23N3O5S. The molecule has 0 spiro atoms. The van der Waals surface area contributed by atoms with Crippen molar-refractivity contribution in [2.75, 3.05) is 18.0 Å². The highest BCUT2D eigenvalue weighted by atomic mass is 32.2. The lowest BCUT2D eigenvalue weighted by Gasteiger charge is -2.33. The number of sulfonamides is 1. The molecule has 1 atom stereocenters. The Hall–Kier alpha value is -3.69. The van der Waals surface area contributed by atoms with Crippen LogP contribution in [0.3, 0.4) is 0 Å². The molecule has 2 heterocycles. The molecule has 0 bridgehead atoms. The first kappa shape index (κ1) is 22.1. The van der Waals surface area contributed by atoms with E-state index in [0.29, 0.717) is 24.4 Å². The molecule has 0 aliphatic carbocycles. The Morgan fingerprint density at radius 3 is 2.47 bits per heavy atom. The fourth-order valence-corrected chi connectivity index (χ4v) is 5.81. The molecule has 2 aliphatic heterocycles. The number of carbonyl (C=O) groups is 2. The van der Waals surface area contributed by atoms with Crippen molar-refractivity contribution in [2.24, 2.45) is 5.73 Å². The third-order valence-electron chi connectivity index (χ3n) is 6.15. The second-order valence-electron chi connectivity index (χ2n) is 8.28. The zero-order valence-electron chi connectivity index (χ0n) is 18.3.